The fraction of sp³-hybridized carbons (Fsp3) is 0.769. The first-order chi connectivity index (χ1) is 7.70. The Bertz CT molecular complexity index is 278. The smallest absolute Gasteiger partial charge is 0.105 e. The molecule has 0 radical (unpaired) electrons. The van der Waals surface area contributed by atoms with Gasteiger partial charge in [-0.25, -0.2) is 4.98 Å². The summed E-state index contributed by atoms with van der Waals surface area (Å²) in [6, 6.07) is 0. The van der Waals surface area contributed by atoms with Crippen molar-refractivity contribution in [1.82, 2.24) is 14.9 Å². The fourth-order valence-corrected chi connectivity index (χ4v) is 1.74. The molecule has 0 aliphatic carbocycles. The van der Waals surface area contributed by atoms with Crippen LogP contribution in [0.25, 0.3) is 0 Å². The normalized spacial score (nSPS) is 11.2. The Labute approximate surface area is 99.3 Å². The number of hydrogen-bond donors (Lipinski definition) is 1. The van der Waals surface area contributed by atoms with Gasteiger partial charge in [0, 0.05) is 18.9 Å². The zero-order valence-corrected chi connectivity index (χ0v) is 10.9. The Morgan fingerprint density at radius 3 is 2.75 bits per heavy atom. The highest BCUT2D eigenvalue weighted by molar-refractivity contribution is 4.87. The first-order valence-electron chi connectivity index (χ1n) is 6.38. The second-order valence-corrected chi connectivity index (χ2v) is 4.83. The van der Waals surface area contributed by atoms with Crippen molar-refractivity contribution >= 4 is 0 Å². The molecular formula is C13H25N3. The summed E-state index contributed by atoms with van der Waals surface area (Å²) >= 11 is 0. The van der Waals surface area contributed by atoms with Gasteiger partial charge in [-0.3, -0.25) is 0 Å². The first kappa shape index (κ1) is 13.2. The van der Waals surface area contributed by atoms with Crippen molar-refractivity contribution in [1.29, 1.82) is 0 Å². The molecule has 0 aliphatic heterocycles. The lowest BCUT2D eigenvalue weighted by Gasteiger charge is -2.07. The summed E-state index contributed by atoms with van der Waals surface area (Å²) < 4.78 is 2.22. The van der Waals surface area contributed by atoms with Crippen LogP contribution in [0.15, 0.2) is 12.4 Å². The fourth-order valence-electron chi connectivity index (χ4n) is 1.74. The van der Waals surface area contributed by atoms with Crippen molar-refractivity contribution in [2.45, 2.75) is 46.6 Å². The highest BCUT2D eigenvalue weighted by atomic mass is 15.0. The van der Waals surface area contributed by atoms with Crippen LogP contribution in [0.2, 0.25) is 0 Å². The molecule has 1 heterocycles. The van der Waals surface area contributed by atoms with E-state index < -0.39 is 0 Å². The topological polar surface area (TPSA) is 29.9 Å². The summed E-state index contributed by atoms with van der Waals surface area (Å²) in [5, 5.41) is 3.47. The van der Waals surface area contributed by atoms with E-state index in [1.807, 2.05) is 6.20 Å². The van der Waals surface area contributed by atoms with Gasteiger partial charge in [0.1, 0.15) is 5.82 Å². The second-order valence-electron chi connectivity index (χ2n) is 4.83. The Morgan fingerprint density at radius 2 is 2.12 bits per heavy atom. The van der Waals surface area contributed by atoms with Gasteiger partial charge in [0.2, 0.25) is 0 Å². The number of unbranched alkanes of at least 4 members (excludes halogenated alkanes) is 2. The van der Waals surface area contributed by atoms with E-state index in [2.05, 4.69) is 41.8 Å². The third kappa shape index (κ3) is 5.31. The summed E-state index contributed by atoms with van der Waals surface area (Å²) in [4.78, 5) is 4.21. The van der Waals surface area contributed by atoms with Crippen LogP contribution in [-0.4, -0.2) is 22.6 Å². The Kier molecular flexibility index (Phi) is 6.16. The average molecular weight is 223 g/mol. The van der Waals surface area contributed by atoms with Gasteiger partial charge in [-0.2, -0.15) is 0 Å². The highest BCUT2D eigenvalue weighted by Gasteiger charge is 1.96. The molecule has 0 fully saturated rings. The maximum atomic E-state index is 4.21. The Hall–Kier alpha value is -0.830. The standard InChI is InChI=1S/C13H25N3/c1-12(2)11-14-7-5-4-6-9-16-10-8-15-13(16)3/h8,10,12,14H,4-7,9,11H2,1-3H3. The van der Waals surface area contributed by atoms with Crippen molar-refractivity contribution in [3.8, 4) is 0 Å². The first-order valence-corrected chi connectivity index (χ1v) is 6.38. The molecule has 0 amide bonds. The van der Waals surface area contributed by atoms with E-state index in [1.54, 1.807) is 0 Å². The van der Waals surface area contributed by atoms with Crippen LogP contribution in [0.4, 0.5) is 0 Å². The van der Waals surface area contributed by atoms with Gasteiger partial charge in [-0.05, 0) is 38.8 Å². The molecule has 3 nitrogen and oxygen atoms in total. The van der Waals surface area contributed by atoms with Crippen LogP contribution in [0.3, 0.4) is 0 Å². The SMILES string of the molecule is Cc1nccn1CCCCCNCC(C)C. The number of imidazole rings is 1. The van der Waals surface area contributed by atoms with Gasteiger partial charge in [0.05, 0.1) is 0 Å². The van der Waals surface area contributed by atoms with E-state index in [1.165, 1.54) is 19.3 Å². The van der Waals surface area contributed by atoms with E-state index in [-0.39, 0.29) is 0 Å². The van der Waals surface area contributed by atoms with E-state index in [0.717, 1.165) is 31.4 Å². The molecule has 92 valence electrons. The molecule has 0 saturated heterocycles. The molecule has 1 N–H and O–H groups in total. The van der Waals surface area contributed by atoms with E-state index in [0.29, 0.717) is 0 Å². The third-order valence-electron chi connectivity index (χ3n) is 2.73. The summed E-state index contributed by atoms with van der Waals surface area (Å²) in [5.41, 5.74) is 0. The molecule has 0 saturated carbocycles. The van der Waals surface area contributed by atoms with Crippen LogP contribution in [0.1, 0.15) is 38.9 Å². The lowest BCUT2D eigenvalue weighted by molar-refractivity contribution is 0.516. The molecule has 0 aromatic carbocycles. The second kappa shape index (κ2) is 7.44. The zero-order valence-electron chi connectivity index (χ0n) is 10.9. The van der Waals surface area contributed by atoms with Gasteiger partial charge in [-0.15, -0.1) is 0 Å². The molecule has 1 aromatic heterocycles. The number of nitrogens with one attached hydrogen (secondary N) is 1. The zero-order chi connectivity index (χ0) is 11.8. The van der Waals surface area contributed by atoms with E-state index >= 15 is 0 Å². The quantitative estimate of drug-likeness (QED) is 0.687. The minimum Gasteiger partial charge on any atom is -0.335 e. The van der Waals surface area contributed by atoms with Gasteiger partial charge in [-0.1, -0.05) is 20.3 Å². The lowest BCUT2D eigenvalue weighted by atomic mass is 10.2. The number of aryl methyl sites for hydroxylation is 2. The molecule has 0 bridgehead atoms. The van der Waals surface area contributed by atoms with Crippen LogP contribution < -0.4 is 5.32 Å². The van der Waals surface area contributed by atoms with Gasteiger partial charge in [0.25, 0.3) is 0 Å². The molecular weight excluding hydrogens is 198 g/mol. The highest BCUT2D eigenvalue weighted by Crippen LogP contribution is 2.01. The Morgan fingerprint density at radius 1 is 1.31 bits per heavy atom. The summed E-state index contributed by atoms with van der Waals surface area (Å²) in [6.45, 7) is 9.95. The molecule has 0 spiro atoms. The maximum Gasteiger partial charge on any atom is 0.105 e. The third-order valence-corrected chi connectivity index (χ3v) is 2.73. The summed E-state index contributed by atoms with van der Waals surface area (Å²) in [6.07, 6.45) is 7.76. The Balaban J connectivity index is 1.94. The van der Waals surface area contributed by atoms with Crippen molar-refractivity contribution in [3.63, 3.8) is 0 Å². The largest absolute Gasteiger partial charge is 0.335 e. The predicted molar refractivity (Wildman–Crippen MR) is 68.5 cm³/mol. The minimum atomic E-state index is 0.758. The molecule has 3 heteroatoms. The summed E-state index contributed by atoms with van der Waals surface area (Å²) in [7, 11) is 0. The van der Waals surface area contributed by atoms with E-state index in [9.17, 15) is 0 Å². The monoisotopic (exact) mass is 223 g/mol. The number of rotatable bonds is 8. The number of aromatic nitrogens is 2. The van der Waals surface area contributed by atoms with Gasteiger partial charge in [0.15, 0.2) is 0 Å². The van der Waals surface area contributed by atoms with Crippen LogP contribution in [0, 0.1) is 12.8 Å². The number of hydrogen-bond acceptors (Lipinski definition) is 2. The van der Waals surface area contributed by atoms with E-state index in [4.69, 9.17) is 0 Å². The van der Waals surface area contributed by atoms with Crippen LogP contribution >= 0.6 is 0 Å². The van der Waals surface area contributed by atoms with Crippen molar-refractivity contribution in [3.05, 3.63) is 18.2 Å². The van der Waals surface area contributed by atoms with Crippen molar-refractivity contribution in [2.24, 2.45) is 5.92 Å². The van der Waals surface area contributed by atoms with Gasteiger partial charge < -0.3 is 9.88 Å². The molecule has 0 atom stereocenters. The van der Waals surface area contributed by atoms with Crippen LogP contribution in [0.5, 0.6) is 0 Å². The molecule has 1 rings (SSSR count). The number of nitrogens with zero attached hydrogens (tertiary/aromatic N) is 2. The summed E-state index contributed by atoms with van der Waals surface area (Å²) in [5.74, 6) is 1.88. The molecule has 0 aliphatic rings. The predicted octanol–water partition coefficient (Wildman–Crippen LogP) is 2.61. The van der Waals surface area contributed by atoms with Gasteiger partial charge >= 0.3 is 0 Å². The minimum absolute atomic E-state index is 0.758. The maximum absolute atomic E-state index is 4.21. The molecule has 16 heavy (non-hydrogen) atoms. The average Bonchev–Trinajstić information content (AvgIpc) is 2.62. The molecule has 0 unspecified atom stereocenters. The van der Waals surface area contributed by atoms with Crippen molar-refractivity contribution in [2.75, 3.05) is 13.1 Å². The lowest BCUT2D eigenvalue weighted by Crippen LogP contribution is -2.20. The van der Waals surface area contributed by atoms with Crippen molar-refractivity contribution < 1.29 is 0 Å². The van der Waals surface area contributed by atoms with Crippen LogP contribution in [-0.2, 0) is 6.54 Å². The molecule has 1 aromatic rings.